The normalized spacial score (nSPS) is 39.7. The second-order valence-electron chi connectivity index (χ2n) is 22.2. The molecule has 0 radical (unpaired) electrons. The fraction of sp³-hybridized carbons (Fsp3) is 0.824. The van der Waals surface area contributed by atoms with Crippen LogP contribution in [0.3, 0.4) is 0 Å². The highest BCUT2D eigenvalue weighted by Crippen LogP contribution is 2.45. The van der Waals surface area contributed by atoms with Crippen LogP contribution in [0.2, 0.25) is 0 Å². The van der Waals surface area contributed by atoms with Crippen LogP contribution in [-0.2, 0) is 51.3 Å². The molecule has 4 heterocycles. The molecule has 3 fully saturated rings. The van der Waals surface area contributed by atoms with Crippen LogP contribution in [0.1, 0.15) is 101 Å². The summed E-state index contributed by atoms with van der Waals surface area (Å²) in [6.45, 7) is 18.7. The topological polar surface area (TPSA) is 265 Å². The minimum atomic E-state index is -3.35. The van der Waals surface area contributed by atoms with Crippen molar-refractivity contribution in [2.45, 2.75) is 203 Å². The molecule has 72 heavy (non-hydrogen) atoms. The molecule has 0 saturated carbocycles. The summed E-state index contributed by atoms with van der Waals surface area (Å²) in [5, 5.41) is 79.2. The number of aromatic nitrogens is 3. The van der Waals surface area contributed by atoms with Crippen molar-refractivity contribution in [3.8, 4) is 5.75 Å². The van der Waals surface area contributed by atoms with Crippen molar-refractivity contribution in [2.75, 3.05) is 47.2 Å². The van der Waals surface area contributed by atoms with Gasteiger partial charge >= 0.3 is 5.97 Å². The zero-order valence-electron chi connectivity index (χ0n) is 45.0. The van der Waals surface area contributed by atoms with Crippen LogP contribution < -0.4 is 4.74 Å². The number of rotatable bonds is 15. The molecule has 0 aliphatic carbocycles. The van der Waals surface area contributed by atoms with Gasteiger partial charge in [0.1, 0.15) is 48.5 Å². The van der Waals surface area contributed by atoms with Crippen molar-refractivity contribution in [3.05, 3.63) is 36.2 Å². The molecule has 5 rings (SSSR count). The van der Waals surface area contributed by atoms with Gasteiger partial charge in [-0.1, -0.05) is 32.9 Å². The maximum Gasteiger partial charge on any atom is 0.309 e. The lowest BCUT2D eigenvalue weighted by molar-refractivity contribution is -0.302. The number of aliphatic hydroxyl groups is 6. The van der Waals surface area contributed by atoms with E-state index < -0.39 is 118 Å². The second-order valence-corrected chi connectivity index (χ2v) is 24.2. The third-order valence-electron chi connectivity index (χ3n) is 15.9. The number of carbonyl (C=O) groups is 1. The van der Waals surface area contributed by atoms with Gasteiger partial charge in [0.15, 0.2) is 16.1 Å². The first-order valence-corrected chi connectivity index (χ1v) is 27.4. The summed E-state index contributed by atoms with van der Waals surface area (Å²) in [5.41, 5.74) is -3.87. The van der Waals surface area contributed by atoms with E-state index in [9.17, 15) is 43.9 Å². The van der Waals surface area contributed by atoms with Crippen LogP contribution in [0.25, 0.3) is 0 Å². The first-order chi connectivity index (χ1) is 33.4. The highest BCUT2D eigenvalue weighted by Gasteiger charge is 2.55. The fourth-order valence-corrected chi connectivity index (χ4v) is 12.1. The molecule has 3 aliphatic heterocycles. The third-order valence-corrected chi connectivity index (χ3v) is 17.0. The van der Waals surface area contributed by atoms with Crippen molar-refractivity contribution in [3.63, 3.8) is 0 Å². The first kappa shape index (κ1) is 60.0. The van der Waals surface area contributed by atoms with Gasteiger partial charge in [-0.25, -0.2) is 13.1 Å². The Labute approximate surface area is 427 Å². The molecule has 1 aromatic heterocycles. The largest absolute Gasteiger partial charge is 0.491 e. The van der Waals surface area contributed by atoms with Gasteiger partial charge in [0, 0.05) is 63.5 Å². The van der Waals surface area contributed by atoms with Gasteiger partial charge in [-0.05, 0) is 111 Å². The van der Waals surface area contributed by atoms with Gasteiger partial charge < -0.3 is 68.9 Å². The van der Waals surface area contributed by atoms with Crippen molar-refractivity contribution in [1.82, 2.24) is 24.8 Å². The Balaban J connectivity index is 1.39. The maximum absolute atomic E-state index is 14.6. The minimum Gasteiger partial charge on any atom is -0.491 e. The van der Waals surface area contributed by atoms with E-state index in [2.05, 4.69) is 10.3 Å². The zero-order valence-corrected chi connectivity index (χ0v) is 45.8. The molecule has 21 heteroatoms. The molecule has 1 aromatic carbocycles. The summed E-state index contributed by atoms with van der Waals surface area (Å²) < 4.78 is 62.8. The standard InChI is InChI=1S/C51H87N5O15S/c1-15-41-51(10,63)44(59)33(6)55(12)25-29(2)23-49(8,62)46(31(4)42(32(5)47(61)70-41)40-24-50(9,66-13)45(60)34(7)69-40)71-48-43(58)39(22-30(3)68-48)54(11)21-20-35-26-56(53-52-35)27-36(57)28-67-37-16-18-38(19-17-37)72(14,64)65/h16-19,26,29-34,36,39-46,48,57-60,62-63H,15,20-25,27-28H2,1-14H3/t29-,30-,31+,32-,33-,34+,36-,39+,40?,41-,42+,43-,44-,45+,46-,48+,49-,50-,51-/m1/s1. The number of carbonyl (C=O) groups excluding carboxylic acids is 1. The predicted octanol–water partition coefficient (Wildman–Crippen LogP) is 2.22. The Bertz CT molecular complexity index is 2150. The lowest BCUT2D eigenvalue weighted by Gasteiger charge is -2.51. The van der Waals surface area contributed by atoms with Gasteiger partial charge in [-0.2, -0.15) is 0 Å². The SMILES string of the molecule is CC[C@H]1OC(=O)[C@H](C)[C@@H](C2C[C@@](C)(OC)[C@@H](O)[C@H](C)O2)[C@H](C)[C@@H](O[C@@H]2O[C@H](C)C[C@H](N(C)CCc3cn(C[C@@H](O)COc4ccc(S(C)(=O)=O)cc4)nn3)[C@H]2O)[C@](C)(O)C[C@@H](C)CN(C)[C@H](C)[C@@H](O)[C@]1(C)O. The highest BCUT2D eigenvalue weighted by atomic mass is 32.2. The van der Waals surface area contributed by atoms with E-state index in [1.54, 1.807) is 47.7 Å². The zero-order chi connectivity index (χ0) is 53.8. The summed E-state index contributed by atoms with van der Waals surface area (Å²) >= 11 is 0. The van der Waals surface area contributed by atoms with Crippen LogP contribution in [0.4, 0.5) is 0 Å². The van der Waals surface area contributed by atoms with Crippen molar-refractivity contribution < 1.29 is 72.3 Å². The highest BCUT2D eigenvalue weighted by molar-refractivity contribution is 7.90. The molecule has 0 bridgehead atoms. The molecule has 412 valence electrons. The number of cyclic esters (lactones) is 1. The molecule has 3 saturated heterocycles. The average molecular weight is 1040 g/mol. The van der Waals surface area contributed by atoms with E-state index in [0.29, 0.717) is 37.4 Å². The van der Waals surface area contributed by atoms with Crippen LogP contribution in [-0.4, -0.2) is 207 Å². The van der Waals surface area contributed by atoms with Crippen LogP contribution in [0.15, 0.2) is 35.4 Å². The Kier molecular flexibility index (Phi) is 20.3. The third kappa shape index (κ3) is 14.3. The number of likely N-dealkylation sites (N-methyl/N-ethyl adjacent to an activating group) is 2. The van der Waals surface area contributed by atoms with E-state index >= 15 is 0 Å². The number of nitrogens with zero attached hydrogens (tertiary/aromatic N) is 5. The molecule has 1 unspecified atom stereocenters. The Morgan fingerprint density at radius 2 is 1.64 bits per heavy atom. The molecule has 2 aromatic rings. The number of hydrogen-bond donors (Lipinski definition) is 6. The first-order valence-electron chi connectivity index (χ1n) is 25.5. The lowest BCUT2D eigenvalue weighted by atomic mass is 9.68. The molecule has 3 aliphatic rings. The Morgan fingerprint density at radius 1 is 0.986 bits per heavy atom. The average Bonchev–Trinajstić information content (AvgIpc) is 3.76. The fourth-order valence-electron chi connectivity index (χ4n) is 11.5. The van der Waals surface area contributed by atoms with Gasteiger partial charge in [0.05, 0.1) is 58.7 Å². The summed E-state index contributed by atoms with van der Waals surface area (Å²) in [5.74, 6) is -2.84. The van der Waals surface area contributed by atoms with Crippen molar-refractivity contribution >= 4 is 15.8 Å². The maximum atomic E-state index is 14.6. The van der Waals surface area contributed by atoms with Gasteiger partial charge in [0.2, 0.25) is 0 Å². The predicted molar refractivity (Wildman–Crippen MR) is 267 cm³/mol. The van der Waals surface area contributed by atoms with Crippen LogP contribution >= 0.6 is 0 Å². The summed E-state index contributed by atoms with van der Waals surface area (Å²) in [7, 11) is 1.89. The van der Waals surface area contributed by atoms with E-state index in [1.165, 1.54) is 43.0 Å². The van der Waals surface area contributed by atoms with Gasteiger partial charge in [-0.3, -0.25) is 4.79 Å². The monoisotopic (exact) mass is 1040 g/mol. The Morgan fingerprint density at radius 3 is 2.25 bits per heavy atom. The number of aliphatic hydroxyl groups excluding tert-OH is 4. The molecular weight excluding hydrogens is 955 g/mol. The van der Waals surface area contributed by atoms with Crippen molar-refractivity contribution in [2.24, 2.45) is 23.7 Å². The molecule has 20 nitrogen and oxygen atoms in total. The van der Waals surface area contributed by atoms with Crippen molar-refractivity contribution in [1.29, 1.82) is 0 Å². The molecular formula is C51H87N5O15S. The smallest absolute Gasteiger partial charge is 0.309 e. The number of methoxy groups -OCH3 is 1. The minimum absolute atomic E-state index is 0.0599. The summed E-state index contributed by atoms with van der Waals surface area (Å²) in [6.07, 6.45) is -5.34. The van der Waals surface area contributed by atoms with Crippen LogP contribution in [0.5, 0.6) is 5.75 Å². The van der Waals surface area contributed by atoms with E-state index in [-0.39, 0.29) is 49.3 Å². The molecule has 19 atom stereocenters. The molecule has 6 N–H and O–H groups in total. The van der Waals surface area contributed by atoms with Gasteiger partial charge in [0.25, 0.3) is 0 Å². The summed E-state index contributed by atoms with van der Waals surface area (Å²) in [6, 6.07) is 4.91. The number of esters is 1. The van der Waals surface area contributed by atoms with E-state index in [1.807, 2.05) is 44.7 Å². The second kappa shape index (κ2) is 24.4. The van der Waals surface area contributed by atoms with Crippen LogP contribution in [0, 0.1) is 23.7 Å². The molecule has 0 amide bonds. The van der Waals surface area contributed by atoms with E-state index in [0.717, 1.165) is 6.26 Å². The van der Waals surface area contributed by atoms with Gasteiger partial charge in [-0.15, -0.1) is 5.10 Å². The number of hydrogen-bond acceptors (Lipinski definition) is 19. The Hall–Kier alpha value is -2.90. The van der Waals surface area contributed by atoms with E-state index in [4.69, 9.17) is 28.4 Å². The lowest BCUT2D eigenvalue weighted by Crippen LogP contribution is -2.62. The number of ether oxygens (including phenoxy) is 6. The number of benzene rings is 1. The molecule has 0 spiro atoms. The number of sulfone groups is 1. The summed E-state index contributed by atoms with van der Waals surface area (Å²) in [4.78, 5) is 18.7. The quantitative estimate of drug-likeness (QED) is 0.140.